The molecule has 0 spiro atoms. The first-order chi connectivity index (χ1) is 13.0. The lowest BCUT2D eigenvalue weighted by atomic mass is 10.3. The lowest BCUT2D eigenvalue weighted by Gasteiger charge is -2.06. The maximum atomic E-state index is 10.9. The van der Waals surface area contributed by atoms with E-state index in [4.69, 9.17) is 15.0 Å². The fourth-order valence-electron chi connectivity index (χ4n) is 2.19. The molecule has 3 aromatic rings. The van der Waals surface area contributed by atoms with Crippen molar-refractivity contribution in [1.29, 1.82) is 0 Å². The number of ether oxygens (including phenoxy) is 1. The highest BCUT2D eigenvalue weighted by molar-refractivity contribution is 5.76. The molecule has 11 nitrogen and oxygen atoms in total. The minimum absolute atomic E-state index is 0.0338. The number of nitrogens with two attached hydrogens (primary N) is 1. The van der Waals surface area contributed by atoms with Crippen LogP contribution in [0.5, 0.6) is 5.88 Å². The van der Waals surface area contributed by atoms with Gasteiger partial charge in [-0.1, -0.05) is 5.16 Å². The number of amides is 1. The van der Waals surface area contributed by atoms with Crippen LogP contribution in [0.25, 0.3) is 0 Å². The number of hydrogen-bond donors (Lipinski definition) is 4. The van der Waals surface area contributed by atoms with Gasteiger partial charge in [-0.15, -0.1) is 5.10 Å². The third kappa shape index (κ3) is 5.42. The molecule has 5 N–H and O–H groups in total. The van der Waals surface area contributed by atoms with Gasteiger partial charge in [0.05, 0.1) is 24.8 Å². The molecule has 0 atom stereocenters. The molecule has 3 rings (SSSR count). The van der Waals surface area contributed by atoms with Crippen LogP contribution in [0.3, 0.4) is 0 Å². The Kier molecular flexibility index (Phi) is 5.50. The number of rotatable bonds is 9. The van der Waals surface area contributed by atoms with Gasteiger partial charge < -0.3 is 25.6 Å². The van der Waals surface area contributed by atoms with Crippen molar-refractivity contribution in [2.24, 2.45) is 5.73 Å². The maximum Gasteiger partial charge on any atom is 0.234 e. The third-order valence-electron chi connectivity index (χ3n) is 3.21. The highest BCUT2D eigenvalue weighted by Gasteiger charge is 2.08. The second kappa shape index (κ2) is 8.17. The van der Waals surface area contributed by atoms with Gasteiger partial charge in [-0.3, -0.25) is 9.89 Å². The van der Waals surface area contributed by atoms with Gasteiger partial charge in [0.1, 0.15) is 11.6 Å². The molecule has 0 unspecified atom stereocenters. The fourth-order valence-corrected chi connectivity index (χ4v) is 2.19. The fraction of sp³-hybridized carbons (Fsp3) is 0.312. The molecule has 3 aromatic heterocycles. The van der Waals surface area contributed by atoms with Crippen LogP contribution >= 0.6 is 0 Å². The van der Waals surface area contributed by atoms with Crippen LogP contribution < -0.4 is 21.1 Å². The Hall–Kier alpha value is -3.63. The van der Waals surface area contributed by atoms with Gasteiger partial charge >= 0.3 is 0 Å². The number of carbonyl (C=O) groups excluding carboxylic acids is 1. The predicted molar refractivity (Wildman–Crippen MR) is 96.4 cm³/mol. The van der Waals surface area contributed by atoms with E-state index in [0.29, 0.717) is 41.5 Å². The minimum Gasteiger partial charge on any atom is -0.474 e. The van der Waals surface area contributed by atoms with Crippen LogP contribution in [0.4, 0.5) is 17.6 Å². The zero-order valence-corrected chi connectivity index (χ0v) is 14.9. The number of nitrogens with zero attached hydrogens (tertiary/aromatic N) is 4. The molecule has 0 aliphatic rings. The van der Waals surface area contributed by atoms with Crippen molar-refractivity contribution < 1.29 is 14.1 Å². The van der Waals surface area contributed by atoms with E-state index < -0.39 is 5.91 Å². The lowest BCUT2D eigenvalue weighted by molar-refractivity contribution is -0.117. The molecule has 0 saturated carbocycles. The molecule has 1 amide bonds. The largest absolute Gasteiger partial charge is 0.474 e. The number of aromatic amines is 1. The van der Waals surface area contributed by atoms with Gasteiger partial charge in [0, 0.05) is 18.3 Å². The standard InChI is InChI=1S/C16H20N8O3/c1-9(2)26-15-7-14(22-23-15)20-13-3-4-18-16(21-13)19-8-11-5-10(24-27-11)6-12(17)25/h3-5,7,9H,6,8H2,1-2H3,(H2,17,25)(H3,18,19,20,21,22,23). The first kappa shape index (κ1) is 18.2. The van der Waals surface area contributed by atoms with Gasteiger partial charge in [-0.2, -0.15) is 4.98 Å². The number of nitrogens with one attached hydrogen (secondary N) is 3. The zero-order valence-electron chi connectivity index (χ0n) is 14.9. The molecule has 0 radical (unpaired) electrons. The van der Waals surface area contributed by atoms with Crippen LogP contribution in [-0.2, 0) is 17.8 Å². The monoisotopic (exact) mass is 372 g/mol. The zero-order chi connectivity index (χ0) is 19.2. The highest BCUT2D eigenvalue weighted by Crippen LogP contribution is 2.18. The van der Waals surface area contributed by atoms with Gasteiger partial charge in [-0.25, -0.2) is 4.98 Å². The van der Waals surface area contributed by atoms with Crippen molar-refractivity contribution in [3.05, 3.63) is 35.9 Å². The van der Waals surface area contributed by atoms with Crippen LogP contribution in [0, 0.1) is 0 Å². The predicted octanol–water partition coefficient (Wildman–Crippen LogP) is 1.36. The number of primary amides is 1. The summed E-state index contributed by atoms with van der Waals surface area (Å²) in [4.78, 5) is 19.4. The van der Waals surface area contributed by atoms with Gasteiger partial charge in [0.25, 0.3) is 0 Å². The summed E-state index contributed by atoms with van der Waals surface area (Å²) in [6.07, 6.45) is 1.68. The Morgan fingerprint density at radius 1 is 1.41 bits per heavy atom. The number of H-pyrrole nitrogens is 1. The average molecular weight is 372 g/mol. The van der Waals surface area contributed by atoms with E-state index in [0.717, 1.165) is 0 Å². The third-order valence-corrected chi connectivity index (χ3v) is 3.21. The summed E-state index contributed by atoms with van der Waals surface area (Å²) in [6, 6.07) is 5.11. The Labute approximate surface area is 154 Å². The molecule has 0 bridgehead atoms. The van der Waals surface area contributed by atoms with E-state index in [9.17, 15) is 4.79 Å². The van der Waals surface area contributed by atoms with E-state index in [-0.39, 0.29) is 12.5 Å². The number of hydrogen-bond acceptors (Lipinski definition) is 9. The molecule has 142 valence electrons. The van der Waals surface area contributed by atoms with Gasteiger partial charge in [-0.05, 0) is 19.9 Å². The Morgan fingerprint density at radius 2 is 2.26 bits per heavy atom. The number of anilines is 3. The Balaban J connectivity index is 1.57. The Morgan fingerprint density at radius 3 is 3.04 bits per heavy atom. The van der Waals surface area contributed by atoms with Crippen LogP contribution in [0.2, 0.25) is 0 Å². The Bertz CT molecular complexity index is 904. The van der Waals surface area contributed by atoms with Crippen molar-refractivity contribution >= 4 is 23.5 Å². The van der Waals surface area contributed by atoms with E-state index in [1.165, 1.54) is 0 Å². The summed E-state index contributed by atoms with van der Waals surface area (Å²) < 4.78 is 10.6. The molecule has 0 aromatic carbocycles. The number of carbonyl (C=O) groups is 1. The van der Waals surface area contributed by atoms with Gasteiger partial charge in [0.2, 0.25) is 17.7 Å². The smallest absolute Gasteiger partial charge is 0.234 e. The van der Waals surface area contributed by atoms with Crippen molar-refractivity contribution in [3.63, 3.8) is 0 Å². The molecule has 0 aliphatic carbocycles. The van der Waals surface area contributed by atoms with E-state index in [1.807, 2.05) is 13.8 Å². The first-order valence-corrected chi connectivity index (χ1v) is 8.26. The quantitative estimate of drug-likeness (QED) is 0.435. The summed E-state index contributed by atoms with van der Waals surface area (Å²) in [7, 11) is 0. The second-order valence-corrected chi connectivity index (χ2v) is 5.96. The molecular weight excluding hydrogens is 352 g/mol. The van der Waals surface area contributed by atoms with Crippen molar-refractivity contribution in [1.82, 2.24) is 25.3 Å². The molecule has 27 heavy (non-hydrogen) atoms. The number of aromatic nitrogens is 5. The van der Waals surface area contributed by atoms with E-state index >= 15 is 0 Å². The van der Waals surface area contributed by atoms with Crippen molar-refractivity contribution in [2.45, 2.75) is 32.9 Å². The van der Waals surface area contributed by atoms with Crippen molar-refractivity contribution in [2.75, 3.05) is 10.6 Å². The SMILES string of the molecule is CC(C)Oc1cc(Nc2ccnc(NCc3cc(CC(N)=O)no3)n2)[nH]n1. The summed E-state index contributed by atoms with van der Waals surface area (Å²) >= 11 is 0. The van der Waals surface area contributed by atoms with E-state index in [2.05, 4.69) is 36.0 Å². The topological polar surface area (TPSA) is 157 Å². The molecule has 0 aliphatic heterocycles. The maximum absolute atomic E-state index is 10.9. The summed E-state index contributed by atoms with van der Waals surface area (Å²) in [5.41, 5.74) is 5.61. The minimum atomic E-state index is -0.467. The molecule has 0 fully saturated rings. The average Bonchev–Trinajstić information content (AvgIpc) is 3.22. The normalized spacial score (nSPS) is 10.8. The van der Waals surface area contributed by atoms with Crippen LogP contribution in [0.1, 0.15) is 25.3 Å². The summed E-state index contributed by atoms with van der Waals surface area (Å²) in [5, 5.41) is 16.8. The molecule has 11 heteroatoms. The second-order valence-electron chi connectivity index (χ2n) is 5.96. The van der Waals surface area contributed by atoms with Crippen LogP contribution in [-0.4, -0.2) is 37.3 Å². The molecule has 3 heterocycles. The summed E-state index contributed by atoms with van der Waals surface area (Å²) in [5.74, 6) is 2.17. The molecular formula is C16H20N8O3. The van der Waals surface area contributed by atoms with Gasteiger partial charge in [0.15, 0.2) is 5.76 Å². The molecule has 0 saturated heterocycles. The first-order valence-electron chi connectivity index (χ1n) is 8.26. The lowest BCUT2D eigenvalue weighted by Crippen LogP contribution is -2.13. The highest BCUT2D eigenvalue weighted by atomic mass is 16.5. The van der Waals surface area contributed by atoms with Crippen LogP contribution in [0.15, 0.2) is 28.9 Å². The van der Waals surface area contributed by atoms with Crippen molar-refractivity contribution in [3.8, 4) is 5.88 Å². The summed E-state index contributed by atoms with van der Waals surface area (Å²) in [6.45, 7) is 4.16. The van der Waals surface area contributed by atoms with E-state index in [1.54, 1.807) is 24.4 Å².